The van der Waals surface area contributed by atoms with Crippen LogP contribution in [0, 0.1) is 0 Å². The fourth-order valence-electron chi connectivity index (χ4n) is 1.68. The second-order valence-electron chi connectivity index (χ2n) is 4.29. The number of carboxylic acid groups (broad SMARTS) is 1. The average Bonchev–Trinajstić information content (AvgIpc) is 2.46. The molecule has 2 aromatic rings. The van der Waals surface area contributed by atoms with Crippen LogP contribution in [0.5, 0.6) is 0 Å². The van der Waals surface area contributed by atoms with E-state index < -0.39 is 5.97 Å². The highest BCUT2D eigenvalue weighted by atomic mass is 16.4. The Hall–Kier alpha value is -2.47. The molecule has 4 N–H and O–H groups in total. The summed E-state index contributed by atoms with van der Waals surface area (Å²) in [6.45, 7) is 0.501. The van der Waals surface area contributed by atoms with Crippen molar-refractivity contribution in [2.75, 3.05) is 5.32 Å². The molecule has 1 aromatic heterocycles. The van der Waals surface area contributed by atoms with E-state index in [4.69, 9.17) is 10.8 Å². The predicted octanol–water partition coefficient (Wildman–Crippen LogP) is 1.70. The van der Waals surface area contributed by atoms with Crippen LogP contribution in [0.2, 0.25) is 0 Å². The van der Waals surface area contributed by atoms with Crippen molar-refractivity contribution >= 4 is 17.6 Å². The van der Waals surface area contributed by atoms with Crippen molar-refractivity contribution in [3.63, 3.8) is 0 Å². The van der Waals surface area contributed by atoms with Crippen LogP contribution >= 0.6 is 0 Å². The maximum atomic E-state index is 10.5. The molecular weight excluding hydrogens is 256 g/mol. The van der Waals surface area contributed by atoms with Gasteiger partial charge in [-0.3, -0.25) is 4.79 Å². The molecule has 0 unspecified atom stereocenters. The third-order valence-corrected chi connectivity index (χ3v) is 2.75. The lowest BCUT2D eigenvalue weighted by molar-refractivity contribution is -0.136. The van der Waals surface area contributed by atoms with E-state index in [0.717, 1.165) is 11.3 Å². The smallest absolute Gasteiger partial charge is 0.303 e. The van der Waals surface area contributed by atoms with Crippen molar-refractivity contribution in [3.05, 3.63) is 47.8 Å². The molecule has 0 atom stereocenters. The second-order valence-corrected chi connectivity index (χ2v) is 4.29. The van der Waals surface area contributed by atoms with Crippen molar-refractivity contribution in [2.45, 2.75) is 19.4 Å². The molecule has 0 radical (unpaired) electrons. The second kappa shape index (κ2) is 6.63. The maximum absolute atomic E-state index is 10.5. The van der Waals surface area contributed by atoms with Crippen LogP contribution in [0.15, 0.2) is 36.5 Å². The number of rotatable bonds is 6. The molecule has 0 amide bonds. The molecule has 1 aromatic carbocycles. The number of aryl methyl sites for hydroxylation is 1. The number of benzene rings is 1. The van der Waals surface area contributed by atoms with Gasteiger partial charge in [0, 0.05) is 30.5 Å². The number of aliphatic carboxylic acids is 1. The number of nitrogens with zero attached hydrogens (tertiary/aromatic N) is 2. The summed E-state index contributed by atoms with van der Waals surface area (Å²) in [5.41, 5.74) is 8.14. The topological polar surface area (TPSA) is 101 Å². The normalized spacial score (nSPS) is 10.2. The van der Waals surface area contributed by atoms with Crippen molar-refractivity contribution in [1.82, 2.24) is 9.97 Å². The fraction of sp³-hybridized carbons (Fsp3) is 0.214. The van der Waals surface area contributed by atoms with Crippen LogP contribution in [0.25, 0.3) is 0 Å². The number of aromatic nitrogens is 2. The minimum Gasteiger partial charge on any atom is -0.481 e. The standard InChI is InChI=1S/C14H16N4O2/c15-9-10-1-3-11(4-2-10)17-14-16-8-7-12(18-14)5-6-13(19)20/h1-4,7-8H,5-6,9,15H2,(H,19,20)(H,16,17,18). The Morgan fingerprint density at radius 3 is 2.65 bits per heavy atom. The first-order valence-electron chi connectivity index (χ1n) is 6.27. The number of hydrogen-bond acceptors (Lipinski definition) is 5. The maximum Gasteiger partial charge on any atom is 0.303 e. The van der Waals surface area contributed by atoms with Crippen LogP contribution in [0.1, 0.15) is 17.7 Å². The summed E-state index contributed by atoms with van der Waals surface area (Å²) >= 11 is 0. The Bertz CT molecular complexity index is 584. The highest BCUT2D eigenvalue weighted by Gasteiger charge is 2.03. The van der Waals surface area contributed by atoms with E-state index in [-0.39, 0.29) is 6.42 Å². The number of hydrogen-bond donors (Lipinski definition) is 3. The summed E-state index contributed by atoms with van der Waals surface area (Å²) in [5, 5.41) is 11.7. The third-order valence-electron chi connectivity index (χ3n) is 2.75. The lowest BCUT2D eigenvalue weighted by atomic mass is 10.2. The molecular formula is C14H16N4O2. The van der Waals surface area contributed by atoms with E-state index in [9.17, 15) is 4.79 Å². The van der Waals surface area contributed by atoms with Crippen molar-refractivity contribution in [2.24, 2.45) is 5.73 Å². The van der Waals surface area contributed by atoms with Crippen LogP contribution in [-0.4, -0.2) is 21.0 Å². The van der Waals surface area contributed by atoms with Gasteiger partial charge in [0.2, 0.25) is 5.95 Å². The molecule has 0 aliphatic rings. The monoisotopic (exact) mass is 272 g/mol. The largest absolute Gasteiger partial charge is 0.481 e. The number of carboxylic acids is 1. The van der Waals surface area contributed by atoms with Gasteiger partial charge in [-0.15, -0.1) is 0 Å². The van der Waals surface area contributed by atoms with Crippen LogP contribution in [0.3, 0.4) is 0 Å². The summed E-state index contributed by atoms with van der Waals surface area (Å²) < 4.78 is 0. The molecule has 0 saturated heterocycles. The quantitative estimate of drug-likeness (QED) is 0.739. The first-order chi connectivity index (χ1) is 9.67. The van der Waals surface area contributed by atoms with Gasteiger partial charge in [-0.05, 0) is 23.8 Å². The van der Waals surface area contributed by atoms with Crippen LogP contribution < -0.4 is 11.1 Å². The molecule has 0 aliphatic carbocycles. The zero-order chi connectivity index (χ0) is 14.4. The molecule has 0 spiro atoms. The molecule has 6 heteroatoms. The molecule has 0 saturated carbocycles. The van der Waals surface area contributed by atoms with Crippen molar-refractivity contribution < 1.29 is 9.90 Å². The van der Waals surface area contributed by atoms with E-state index in [1.807, 2.05) is 24.3 Å². The summed E-state index contributed by atoms with van der Waals surface area (Å²) in [5.74, 6) is -0.385. The highest BCUT2D eigenvalue weighted by Crippen LogP contribution is 2.14. The number of nitrogens with two attached hydrogens (primary N) is 1. The van der Waals surface area contributed by atoms with Gasteiger partial charge >= 0.3 is 5.97 Å². The Balaban J connectivity index is 2.04. The van der Waals surface area contributed by atoms with Crippen LogP contribution in [0.4, 0.5) is 11.6 Å². The average molecular weight is 272 g/mol. The van der Waals surface area contributed by atoms with Crippen molar-refractivity contribution in [1.29, 1.82) is 0 Å². The van der Waals surface area contributed by atoms with Gasteiger partial charge in [-0.25, -0.2) is 9.97 Å². The molecule has 104 valence electrons. The Morgan fingerprint density at radius 2 is 2.00 bits per heavy atom. The van der Waals surface area contributed by atoms with Gasteiger partial charge in [-0.2, -0.15) is 0 Å². The number of carbonyl (C=O) groups is 1. The van der Waals surface area contributed by atoms with Gasteiger partial charge in [0.05, 0.1) is 6.42 Å². The zero-order valence-electron chi connectivity index (χ0n) is 10.9. The molecule has 6 nitrogen and oxygen atoms in total. The van der Waals surface area contributed by atoms with Gasteiger partial charge < -0.3 is 16.2 Å². The fourth-order valence-corrected chi connectivity index (χ4v) is 1.68. The molecule has 1 heterocycles. The van der Waals surface area contributed by atoms with Gasteiger partial charge in [0.1, 0.15) is 0 Å². The van der Waals surface area contributed by atoms with Crippen LogP contribution in [-0.2, 0) is 17.8 Å². The summed E-state index contributed by atoms with van der Waals surface area (Å²) in [6, 6.07) is 9.36. The highest BCUT2D eigenvalue weighted by molar-refractivity contribution is 5.67. The van der Waals surface area contributed by atoms with E-state index in [2.05, 4.69) is 15.3 Å². The summed E-state index contributed by atoms with van der Waals surface area (Å²) in [4.78, 5) is 18.9. The molecule has 2 rings (SSSR count). The Labute approximate surface area is 116 Å². The number of nitrogens with one attached hydrogen (secondary N) is 1. The molecule has 20 heavy (non-hydrogen) atoms. The van der Waals surface area contributed by atoms with Crippen molar-refractivity contribution in [3.8, 4) is 0 Å². The van der Waals surface area contributed by atoms with E-state index in [1.165, 1.54) is 0 Å². The van der Waals surface area contributed by atoms with Gasteiger partial charge in [0.15, 0.2) is 0 Å². The molecule has 0 aliphatic heterocycles. The predicted molar refractivity (Wildman–Crippen MR) is 75.6 cm³/mol. The minimum absolute atomic E-state index is 0.0572. The SMILES string of the molecule is NCc1ccc(Nc2nccc(CCC(=O)O)n2)cc1. The zero-order valence-corrected chi connectivity index (χ0v) is 10.9. The molecule has 0 bridgehead atoms. The summed E-state index contributed by atoms with van der Waals surface area (Å²) in [7, 11) is 0. The Kier molecular flexibility index (Phi) is 4.62. The van der Waals surface area contributed by atoms with Gasteiger partial charge in [0.25, 0.3) is 0 Å². The lowest BCUT2D eigenvalue weighted by Gasteiger charge is -2.06. The lowest BCUT2D eigenvalue weighted by Crippen LogP contribution is -2.03. The van der Waals surface area contributed by atoms with E-state index in [0.29, 0.717) is 24.6 Å². The Morgan fingerprint density at radius 1 is 1.25 bits per heavy atom. The minimum atomic E-state index is -0.838. The molecule has 0 fully saturated rings. The number of anilines is 2. The summed E-state index contributed by atoms with van der Waals surface area (Å²) in [6.07, 6.45) is 2.06. The third kappa shape index (κ3) is 4.03. The van der Waals surface area contributed by atoms with Gasteiger partial charge in [-0.1, -0.05) is 12.1 Å². The first-order valence-corrected chi connectivity index (χ1v) is 6.27. The van der Waals surface area contributed by atoms with E-state index in [1.54, 1.807) is 12.3 Å². The first kappa shape index (κ1) is 14.0. The van der Waals surface area contributed by atoms with E-state index >= 15 is 0 Å².